The number of hydrogen-bond acceptors (Lipinski definition) is 5. The van der Waals surface area contributed by atoms with E-state index < -0.39 is 19.3 Å². The van der Waals surface area contributed by atoms with Gasteiger partial charge in [-0.1, -0.05) is 5.92 Å². The lowest BCUT2D eigenvalue weighted by atomic mass is 10.2. The second kappa shape index (κ2) is 7.65. The molecule has 9 heteroatoms. The van der Waals surface area contributed by atoms with Gasteiger partial charge < -0.3 is 14.2 Å². The van der Waals surface area contributed by atoms with Crippen molar-refractivity contribution in [2.24, 2.45) is 0 Å². The molecule has 0 radical (unpaired) electrons. The van der Waals surface area contributed by atoms with Gasteiger partial charge in [0, 0.05) is 26.2 Å². The van der Waals surface area contributed by atoms with Crippen LogP contribution in [0.15, 0.2) is 0 Å². The maximum atomic E-state index is 13.6. The second-order valence-electron chi connectivity index (χ2n) is 5.83. The van der Waals surface area contributed by atoms with Crippen molar-refractivity contribution < 1.29 is 23.6 Å². The molecule has 130 valence electrons. The first-order valence-electron chi connectivity index (χ1n) is 7.63. The topological polar surface area (TPSA) is 80.3 Å². The quantitative estimate of drug-likeness (QED) is 0.599. The van der Waals surface area contributed by atoms with Crippen LogP contribution in [-0.4, -0.2) is 73.6 Å². The SMILES string of the molecule is C#CC(C)(C)OC(=O)NP(=O)(N1CCOCC1)N1CCOCC1. The molecule has 1 N–H and O–H groups in total. The van der Waals surface area contributed by atoms with Crippen molar-refractivity contribution >= 4 is 13.7 Å². The first-order chi connectivity index (χ1) is 10.9. The Hall–Kier alpha value is -1.10. The molecule has 23 heavy (non-hydrogen) atoms. The van der Waals surface area contributed by atoms with E-state index in [0.29, 0.717) is 52.6 Å². The van der Waals surface area contributed by atoms with E-state index in [0.717, 1.165) is 0 Å². The molecule has 2 saturated heterocycles. The van der Waals surface area contributed by atoms with Crippen molar-refractivity contribution in [3.63, 3.8) is 0 Å². The van der Waals surface area contributed by atoms with Gasteiger partial charge in [0.15, 0.2) is 5.60 Å². The number of nitrogens with zero attached hydrogens (tertiary/aromatic N) is 2. The predicted octanol–water partition coefficient (Wildman–Crippen LogP) is 0.897. The molecule has 0 spiro atoms. The van der Waals surface area contributed by atoms with E-state index in [-0.39, 0.29) is 0 Å². The van der Waals surface area contributed by atoms with Gasteiger partial charge in [-0.3, -0.25) is 4.57 Å². The number of rotatable bonds is 4. The monoisotopic (exact) mass is 345 g/mol. The summed E-state index contributed by atoms with van der Waals surface area (Å²) in [5, 5.41) is 2.56. The molecule has 2 rings (SSSR count). The largest absolute Gasteiger partial charge is 0.430 e. The van der Waals surface area contributed by atoms with Crippen molar-refractivity contribution in [2.75, 3.05) is 52.6 Å². The molecule has 0 aromatic carbocycles. The fraction of sp³-hybridized carbons (Fsp3) is 0.786. The zero-order valence-corrected chi connectivity index (χ0v) is 14.5. The van der Waals surface area contributed by atoms with Crippen LogP contribution >= 0.6 is 7.59 Å². The Kier molecular flexibility index (Phi) is 6.06. The van der Waals surface area contributed by atoms with Crippen LogP contribution < -0.4 is 5.09 Å². The third-order valence-corrected chi connectivity index (χ3v) is 6.48. The Balaban J connectivity index is 2.14. The standard InChI is InChI=1S/C14H24N3O5P/c1-4-14(2,3)22-13(18)15-23(19,16-5-9-20-10-6-16)17-7-11-21-12-8-17/h1H,5-12H2,2-3H3,(H,15,18,19). The number of carbonyl (C=O) groups excluding carboxylic acids is 1. The minimum Gasteiger partial charge on any atom is -0.430 e. The van der Waals surface area contributed by atoms with Gasteiger partial charge in [0.1, 0.15) is 0 Å². The zero-order valence-electron chi connectivity index (χ0n) is 13.6. The van der Waals surface area contributed by atoms with Gasteiger partial charge >= 0.3 is 13.7 Å². The first-order valence-corrected chi connectivity index (χ1v) is 9.24. The Labute approximate surface area is 137 Å². The van der Waals surface area contributed by atoms with Gasteiger partial charge in [0.2, 0.25) is 0 Å². The number of hydrogen-bond donors (Lipinski definition) is 1. The Morgan fingerprint density at radius 3 is 1.96 bits per heavy atom. The summed E-state index contributed by atoms with van der Waals surface area (Å²) in [5.74, 6) is 2.38. The summed E-state index contributed by atoms with van der Waals surface area (Å²) in [5.41, 5.74) is -1.06. The van der Waals surface area contributed by atoms with Gasteiger partial charge in [-0.15, -0.1) is 6.42 Å². The predicted molar refractivity (Wildman–Crippen MR) is 84.9 cm³/mol. The average Bonchev–Trinajstić information content (AvgIpc) is 2.56. The second-order valence-corrected chi connectivity index (χ2v) is 8.28. The van der Waals surface area contributed by atoms with Gasteiger partial charge in [-0.25, -0.2) is 19.2 Å². The molecule has 0 bridgehead atoms. The minimum absolute atomic E-state index is 0.473. The number of amides is 1. The van der Waals surface area contributed by atoms with Crippen LogP contribution in [0.3, 0.4) is 0 Å². The summed E-state index contributed by atoms with van der Waals surface area (Å²) in [6, 6.07) is 0. The van der Waals surface area contributed by atoms with Crippen LogP contribution in [0.4, 0.5) is 4.79 Å². The molecule has 0 atom stereocenters. The van der Waals surface area contributed by atoms with E-state index in [4.69, 9.17) is 20.6 Å². The van der Waals surface area contributed by atoms with Crippen molar-refractivity contribution in [2.45, 2.75) is 19.4 Å². The molecule has 0 aliphatic carbocycles. The van der Waals surface area contributed by atoms with Crippen LogP contribution in [0.1, 0.15) is 13.8 Å². The molecule has 0 saturated carbocycles. The summed E-state index contributed by atoms with van der Waals surface area (Å²) in [6.07, 6.45) is 4.54. The molecule has 0 aromatic heterocycles. The molecule has 0 aromatic rings. The highest BCUT2D eigenvalue weighted by Crippen LogP contribution is 2.50. The van der Waals surface area contributed by atoms with Gasteiger partial charge in [0.05, 0.1) is 26.4 Å². The van der Waals surface area contributed by atoms with E-state index in [2.05, 4.69) is 11.0 Å². The van der Waals surface area contributed by atoms with Crippen molar-refractivity contribution in [3.8, 4) is 12.3 Å². The lowest BCUT2D eigenvalue weighted by molar-refractivity contribution is 0.0487. The van der Waals surface area contributed by atoms with Crippen LogP contribution in [0, 0.1) is 12.3 Å². The Morgan fingerprint density at radius 2 is 1.57 bits per heavy atom. The average molecular weight is 345 g/mol. The molecule has 2 aliphatic heterocycles. The van der Waals surface area contributed by atoms with Crippen LogP contribution in [-0.2, 0) is 18.8 Å². The molecular weight excluding hydrogens is 321 g/mol. The van der Waals surface area contributed by atoms with Gasteiger partial charge in [-0.2, -0.15) is 0 Å². The zero-order chi connectivity index (χ0) is 16.9. The normalized spacial score (nSPS) is 21.4. The maximum absolute atomic E-state index is 13.6. The number of nitrogens with one attached hydrogen (secondary N) is 1. The van der Waals surface area contributed by atoms with E-state index in [9.17, 15) is 9.36 Å². The van der Waals surface area contributed by atoms with E-state index >= 15 is 0 Å². The Bertz CT molecular complexity index is 485. The molecule has 2 heterocycles. The lowest BCUT2D eigenvalue weighted by Gasteiger charge is -2.41. The number of terminal acetylenes is 1. The fourth-order valence-electron chi connectivity index (χ4n) is 2.37. The minimum atomic E-state index is -3.31. The van der Waals surface area contributed by atoms with Crippen LogP contribution in [0.5, 0.6) is 0 Å². The smallest absolute Gasteiger partial charge is 0.416 e. The molecule has 8 nitrogen and oxygen atoms in total. The van der Waals surface area contributed by atoms with E-state index in [1.807, 2.05) is 0 Å². The summed E-state index contributed by atoms with van der Waals surface area (Å²) in [7, 11) is -3.31. The van der Waals surface area contributed by atoms with E-state index in [1.165, 1.54) is 0 Å². The highest BCUT2D eigenvalue weighted by atomic mass is 31.2. The number of morpholine rings is 2. The van der Waals surface area contributed by atoms with Crippen molar-refractivity contribution in [1.82, 2.24) is 14.4 Å². The summed E-state index contributed by atoms with van der Waals surface area (Å²) < 4.78 is 32.9. The highest BCUT2D eigenvalue weighted by molar-refractivity contribution is 7.57. The summed E-state index contributed by atoms with van der Waals surface area (Å²) >= 11 is 0. The van der Waals surface area contributed by atoms with Gasteiger partial charge in [-0.05, 0) is 13.8 Å². The van der Waals surface area contributed by atoms with Crippen LogP contribution in [0.2, 0.25) is 0 Å². The third kappa shape index (κ3) is 4.69. The maximum Gasteiger partial charge on any atom is 0.416 e. The molecule has 1 amide bonds. The Morgan fingerprint density at radius 1 is 1.13 bits per heavy atom. The molecule has 2 fully saturated rings. The first kappa shape index (κ1) is 18.2. The molecule has 2 aliphatic rings. The third-order valence-electron chi connectivity index (χ3n) is 3.67. The lowest BCUT2D eigenvalue weighted by Crippen LogP contribution is -2.49. The van der Waals surface area contributed by atoms with Gasteiger partial charge in [0.25, 0.3) is 0 Å². The van der Waals surface area contributed by atoms with E-state index in [1.54, 1.807) is 23.2 Å². The number of ether oxygens (including phenoxy) is 3. The van der Waals surface area contributed by atoms with Crippen molar-refractivity contribution in [3.05, 3.63) is 0 Å². The highest BCUT2D eigenvalue weighted by Gasteiger charge is 2.41. The molecule has 0 unspecified atom stereocenters. The van der Waals surface area contributed by atoms with Crippen LogP contribution in [0.25, 0.3) is 0 Å². The molecular formula is C14H24N3O5P. The fourth-order valence-corrected chi connectivity index (χ4v) is 4.71. The summed E-state index contributed by atoms with van der Waals surface area (Å²) in [6.45, 7) is 7.01. The summed E-state index contributed by atoms with van der Waals surface area (Å²) in [4.78, 5) is 12.2. The number of carbonyl (C=O) groups is 1. The van der Waals surface area contributed by atoms with Crippen molar-refractivity contribution in [1.29, 1.82) is 0 Å².